The fraction of sp³-hybridized carbons (Fsp3) is 0.400. The van der Waals surface area contributed by atoms with Crippen LogP contribution in [0.25, 0.3) is 0 Å². The molecule has 1 aliphatic rings. The highest BCUT2D eigenvalue weighted by Crippen LogP contribution is 2.22. The van der Waals surface area contributed by atoms with Crippen LogP contribution >= 0.6 is 11.8 Å². The van der Waals surface area contributed by atoms with Gasteiger partial charge in [-0.2, -0.15) is 11.8 Å². The predicted molar refractivity (Wildman–Crippen MR) is 31.5 cm³/mol. The van der Waals surface area contributed by atoms with Crippen LogP contribution in [0.5, 0.6) is 0 Å². The third-order valence-corrected chi connectivity index (χ3v) is 2.03. The van der Waals surface area contributed by atoms with Crippen molar-refractivity contribution < 1.29 is 4.79 Å². The minimum atomic E-state index is 0.856. The summed E-state index contributed by atoms with van der Waals surface area (Å²) in [4.78, 5) is 9.72. The van der Waals surface area contributed by atoms with E-state index in [9.17, 15) is 4.79 Å². The van der Waals surface area contributed by atoms with E-state index in [1.54, 1.807) is 6.08 Å². The van der Waals surface area contributed by atoms with E-state index >= 15 is 0 Å². The molecule has 7 heavy (non-hydrogen) atoms. The van der Waals surface area contributed by atoms with E-state index in [0.29, 0.717) is 0 Å². The van der Waals surface area contributed by atoms with E-state index in [1.165, 1.54) is 5.57 Å². The first kappa shape index (κ1) is 4.91. The molecule has 1 aliphatic heterocycles. The quantitative estimate of drug-likeness (QED) is 0.371. The van der Waals surface area contributed by atoms with Crippen LogP contribution < -0.4 is 0 Å². The normalized spacial score (nSPS) is 18.0. The Kier molecular flexibility index (Phi) is 1.52. The number of allylic oxidation sites excluding steroid dienone is 1. The predicted octanol–water partition coefficient (Wildman–Crippen LogP) is 0.858. The number of aldehydes is 1. The molecule has 0 aromatic carbocycles. The van der Waals surface area contributed by atoms with Crippen molar-refractivity contribution in [2.24, 2.45) is 0 Å². The Hall–Kier alpha value is -0.240. The summed E-state index contributed by atoms with van der Waals surface area (Å²) in [5.74, 6) is 2.14. The maximum Gasteiger partial charge on any atom is 0.142 e. The van der Waals surface area contributed by atoms with Gasteiger partial charge in [0.2, 0.25) is 0 Å². The second kappa shape index (κ2) is 2.17. The third-order valence-electron chi connectivity index (χ3n) is 0.879. The number of carbonyl (C=O) groups is 1. The summed E-state index contributed by atoms with van der Waals surface area (Å²) >= 11 is 1.86. The van der Waals surface area contributed by atoms with Gasteiger partial charge in [0.1, 0.15) is 6.29 Å². The lowest BCUT2D eigenvalue weighted by molar-refractivity contribution is -0.104. The van der Waals surface area contributed by atoms with Crippen LogP contribution in [0.1, 0.15) is 0 Å². The summed E-state index contributed by atoms with van der Waals surface area (Å²) < 4.78 is 0. The Morgan fingerprint density at radius 3 is 2.43 bits per heavy atom. The molecule has 0 aromatic heterocycles. The maximum absolute atomic E-state index is 9.72. The van der Waals surface area contributed by atoms with Gasteiger partial charge >= 0.3 is 0 Å². The van der Waals surface area contributed by atoms with Crippen molar-refractivity contribution in [1.82, 2.24) is 0 Å². The minimum absolute atomic E-state index is 0.856. The van der Waals surface area contributed by atoms with Crippen LogP contribution in [0.2, 0.25) is 0 Å². The van der Waals surface area contributed by atoms with Crippen molar-refractivity contribution in [3.63, 3.8) is 0 Å². The molecule has 2 heteroatoms. The van der Waals surface area contributed by atoms with Crippen LogP contribution in [0, 0.1) is 0 Å². The van der Waals surface area contributed by atoms with Crippen LogP contribution in [-0.2, 0) is 4.79 Å². The summed E-state index contributed by atoms with van der Waals surface area (Å²) in [6.07, 6.45) is 2.51. The number of carbonyl (C=O) groups excluding carboxylic acids is 1. The molecular formula is C5H6OS. The van der Waals surface area contributed by atoms with Crippen molar-refractivity contribution >= 4 is 18.0 Å². The molecule has 1 rings (SSSR count). The first-order chi connectivity index (χ1) is 3.43. The van der Waals surface area contributed by atoms with Crippen LogP contribution in [0.4, 0.5) is 0 Å². The van der Waals surface area contributed by atoms with E-state index in [0.717, 1.165) is 17.8 Å². The van der Waals surface area contributed by atoms with Gasteiger partial charge in [-0.3, -0.25) is 4.79 Å². The van der Waals surface area contributed by atoms with Gasteiger partial charge in [0.05, 0.1) is 0 Å². The summed E-state index contributed by atoms with van der Waals surface area (Å²) in [6.45, 7) is 0. The van der Waals surface area contributed by atoms with Gasteiger partial charge in [0.15, 0.2) is 0 Å². The fourth-order valence-corrected chi connectivity index (χ4v) is 1.04. The molecule has 0 amide bonds. The van der Waals surface area contributed by atoms with Crippen molar-refractivity contribution in [3.8, 4) is 0 Å². The molecule has 0 aliphatic carbocycles. The number of rotatable bonds is 1. The standard InChI is InChI=1S/C5H6OS/c6-2-1-5-3-7-4-5/h1-2H,3-4H2. The van der Waals surface area contributed by atoms with Gasteiger partial charge in [-0.25, -0.2) is 0 Å². The minimum Gasteiger partial charge on any atom is -0.299 e. The summed E-state index contributed by atoms with van der Waals surface area (Å²) in [5.41, 5.74) is 1.28. The molecule has 0 unspecified atom stereocenters. The lowest BCUT2D eigenvalue weighted by Crippen LogP contribution is -2.03. The zero-order chi connectivity index (χ0) is 5.11. The second-order valence-corrected chi connectivity index (χ2v) is 2.44. The molecule has 1 saturated heterocycles. The van der Waals surface area contributed by atoms with Gasteiger partial charge in [-0.15, -0.1) is 0 Å². The molecule has 1 nitrogen and oxygen atoms in total. The number of hydrogen-bond donors (Lipinski definition) is 0. The summed E-state index contributed by atoms with van der Waals surface area (Å²) in [6, 6.07) is 0. The Morgan fingerprint density at radius 1 is 1.57 bits per heavy atom. The van der Waals surface area contributed by atoms with E-state index in [4.69, 9.17) is 0 Å². The molecule has 1 fully saturated rings. The Balaban J connectivity index is 2.36. The third kappa shape index (κ3) is 1.06. The van der Waals surface area contributed by atoms with Gasteiger partial charge in [0.25, 0.3) is 0 Å². The molecule has 0 aromatic rings. The molecule has 0 bridgehead atoms. The van der Waals surface area contributed by atoms with E-state index in [1.807, 2.05) is 11.8 Å². The van der Waals surface area contributed by atoms with Crippen molar-refractivity contribution in [2.45, 2.75) is 0 Å². The molecular weight excluding hydrogens is 108 g/mol. The zero-order valence-corrected chi connectivity index (χ0v) is 4.70. The molecule has 0 atom stereocenters. The molecule has 1 heterocycles. The highest BCUT2D eigenvalue weighted by atomic mass is 32.2. The average molecular weight is 114 g/mol. The summed E-state index contributed by atoms with van der Waals surface area (Å²) in [5, 5.41) is 0. The van der Waals surface area contributed by atoms with Gasteiger partial charge in [-0.05, 0) is 11.6 Å². The van der Waals surface area contributed by atoms with Crippen molar-refractivity contribution in [3.05, 3.63) is 11.6 Å². The Bertz CT molecular complexity index is 101. The first-order valence-corrected chi connectivity index (χ1v) is 3.30. The molecule has 0 saturated carbocycles. The largest absolute Gasteiger partial charge is 0.299 e. The van der Waals surface area contributed by atoms with Crippen LogP contribution in [0.3, 0.4) is 0 Å². The van der Waals surface area contributed by atoms with Crippen molar-refractivity contribution in [2.75, 3.05) is 11.5 Å². The highest BCUT2D eigenvalue weighted by Gasteiger charge is 2.06. The van der Waals surface area contributed by atoms with E-state index in [2.05, 4.69) is 0 Å². The lowest BCUT2D eigenvalue weighted by atomic mass is 10.3. The molecule has 0 spiro atoms. The summed E-state index contributed by atoms with van der Waals surface area (Å²) in [7, 11) is 0. The van der Waals surface area contributed by atoms with E-state index in [-0.39, 0.29) is 0 Å². The topological polar surface area (TPSA) is 17.1 Å². The second-order valence-electron chi connectivity index (χ2n) is 1.45. The molecule has 0 radical (unpaired) electrons. The molecule has 0 N–H and O–H groups in total. The Labute approximate surface area is 46.8 Å². The smallest absolute Gasteiger partial charge is 0.142 e. The van der Waals surface area contributed by atoms with Crippen molar-refractivity contribution in [1.29, 1.82) is 0 Å². The SMILES string of the molecule is O=CC=C1CSC1. The fourth-order valence-electron chi connectivity index (χ4n) is 0.412. The maximum atomic E-state index is 9.72. The number of hydrogen-bond acceptors (Lipinski definition) is 2. The monoisotopic (exact) mass is 114 g/mol. The first-order valence-electron chi connectivity index (χ1n) is 2.14. The average Bonchev–Trinajstić information content (AvgIpc) is 1.55. The van der Waals surface area contributed by atoms with E-state index < -0.39 is 0 Å². The Morgan fingerprint density at radius 2 is 2.29 bits per heavy atom. The number of thioether (sulfide) groups is 1. The highest BCUT2D eigenvalue weighted by molar-refractivity contribution is 8.01. The zero-order valence-electron chi connectivity index (χ0n) is 3.89. The molecule has 38 valence electrons. The van der Waals surface area contributed by atoms with Gasteiger partial charge < -0.3 is 0 Å². The van der Waals surface area contributed by atoms with Crippen LogP contribution in [-0.4, -0.2) is 17.8 Å². The van der Waals surface area contributed by atoms with Gasteiger partial charge in [-0.1, -0.05) is 0 Å². The van der Waals surface area contributed by atoms with Crippen LogP contribution in [0.15, 0.2) is 11.6 Å². The lowest BCUT2D eigenvalue weighted by Gasteiger charge is -2.13. The van der Waals surface area contributed by atoms with Gasteiger partial charge in [0, 0.05) is 11.5 Å².